The normalized spacial score (nSPS) is 10.8. The molecule has 1 aromatic heterocycles. The maximum Gasteiger partial charge on any atom is 0.254 e. The molecule has 37 heavy (non-hydrogen) atoms. The number of aryl methyl sites for hydroxylation is 1. The molecule has 0 saturated carbocycles. The summed E-state index contributed by atoms with van der Waals surface area (Å²) in [6, 6.07) is 24.6. The average molecular weight is 497 g/mol. The lowest BCUT2D eigenvalue weighted by Crippen LogP contribution is -2.42. The predicted molar refractivity (Wildman–Crippen MR) is 146 cm³/mol. The van der Waals surface area contributed by atoms with Crippen LogP contribution in [0, 0.1) is 6.92 Å². The van der Waals surface area contributed by atoms with Gasteiger partial charge in [-0.2, -0.15) is 0 Å². The van der Waals surface area contributed by atoms with Crippen molar-refractivity contribution in [1.29, 1.82) is 0 Å². The molecular formula is C30H32N4O3. The summed E-state index contributed by atoms with van der Waals surface area (Å²) in [5, 5.41) is 2.94. The number of anilines is 1. The average Bonchev–Trinajstić information content (AvgIpc) is 3.31. The van der Waals surface area contributed by atoms with Gasteiger partial charge in [0.25, 0.3) is 5.91 Å². The largest absolute Gasteiger partial charge is 0.494 e. The van der Waals surface area contributed by atoms with Gasteiger partial charge in [0, 0.05) is 29.4 Å². The van der Waals surface area contributed by atoms with Gasteiger partial charge in [-0.3, -0.25) is 19.5 Å². The minimum atomic E-state index is -0.331. The highest BCUT2D eigenvalue weighted by atomic mass is 16.5. The van der Waals surface area contributed by atoms with Gasteiger partial charge in [0.1, 0.15) is 12.3 Å². The predicted octanol–water partition coefficient (Wildman–Crippen LogP) is 5.74. The lowest BCUT2D eigenvalue weighted by Gasteiger charge is -2.26. The summed E-state index contributed by atoms with van der Waals surface area (Å²) in [6.07, 6.45) is 1.88. The topological polar surface area (TPSA) is 76.5 Å². The second-order valence-electron chi connectivity index (χ2n) is 9.01. The lowest BCUT2D eigenvalue weighted by molar-refractivity contribution is -0.117. The molecule has 7 nitrogen and oxygen atoms in total. The zero-order valence-corrected chi connectivity index (χ0v) is 21.6. The van der Waals surface area contributed by atoms with Crippen LogP contribution in [0.15, 0.2) is 85.1 Å². The van der Waals surface area contributed by atoms with Gasteiger partial charge < -0.3 is 9.64 Å². The first kappa shape index (κ1) is 25.7. The van der Waals surface area contributed by atoms with Crippen LogP contribution in [-0.4, -0.2) is 45.5 Å². The summed E-state index contributed by atoms with van der Waals surface area (Å²) in [4.78, 5) is 32.8. The third kappa shape index (κ3) is 6.06. The molecular weight excluding hydrogens is 464 g/mol. The van der Waals surface area contributed by atoms with Crippen LogP contribution in [0.4, 0.5) is 5.95 Å². The van der Waals surface area contributed by atoms with E-state index in [-0.39, 0.29) is 24.4 Å². The fourth-order valence-electron chi connectivity index (χ4n) is 4.08. The van der Waals surface area contributed by atoms with Crippen LogP contribution in [0.5, 0.6) is 5.75 Å². The summed E-state index contributed by atoms with van der Waals surface area (Å²) in [5.74, 6) is 0.579. The molecule has 1 N–H and O–H groups in total. The number of nitrogens with zero attached hydrogens (tertiary/aromatic N) is 3. The van der Waals surface area contributed by atoms with Crippen LogP contribution in [-0.2, 0) is 4.79 Å². The highest BCUT2D eigenvalue weighted by molar-refractivity contribution is 6.00. The van der Waals surface area contributed by atoms with E-state index >= 15 is 0 Å². The number of imidazole rings is 1. The molecule has 0 unspecified atom stereocenters. The molecule has 0 aliphatic carbocycles. The van der Waals surface area contributed by atoms with E-state index in [1.54, 1.807) is 11.0 Å². The third-order valence-electron chi connectivity index (χ3n) is 6.01. The highest BCUT2D eigenvalue weighted by Gasteiger charge is 2.24. The quantitative estimate of drug-likeness (QED) is 0.321. The first-order valence-corrected chi connectivity index (χ1v) is 12.4. The van der Waals surface area contributed by atoms with Crippen LogP contribution in [0.2, 0.25) is 0 Å². The Bertz CT molecular complexity index is 1380. The van der Waals surface area contributed by atoms with Crippen molar-refractivity contribution < 1.29 is 14.3 Å². The zero-order chi connectivity index (χ0) is 26.4. The minimum absolute atomic E-state index is 0.0999. The molecule has 0 saturated heterocycles. The van der Waals surface area contributed by atoms with Crippen molar-refractivity contribution in [2.75, 3.05) is 18.5 Å². The Balaban J connectivity index is 1.64. The van der Waals surface area contributed by atoms with Crippen molar-refractivity contribution in [2.45, 2.75) is 33.7 Å². The van der Waals surface area contributed by atoms with E-state index in [2.05, 4.69) is 5.32 Å². The standard InChI is InChI=1S/C30H32N4O3/c1-5-37-25-16-11-15-24(18-25)34-19-27(23-13-7-6-8-14-23)31-30(34)32-28(35)20-33(21(2)3)29(36)26-17-10-9-12-22(26)4/h6-19,21H,5,20H2,1-4H3,(H,31,32,35). The first-order valence-electron chi connectivity index (χ1n) is 12.4. The number of carbonyl (C=O) groups excluding carboxylic acids is 2. The molecule has 4 rings (SSSR count). The maximum absolute atomic E-state index is 13.3. The number of amides is 2. The monoisotopic (exact) mass is 496 g/mol. The van der Waals surface area contributed by atoms with Crippen LogP contribution in [0.1, 0.15) is 36.7 Å². The summed E-state index contributed by atoms with van der Waals surface area (Å²) in [6.45, 7) is 8.07. The summed E-state index contributed by atoms with van der Waals surface area (Å²) >= 11 is 0. The molecule has 3 aromatic carbocycles. The Morgan fingerprint density at radius 1 is 1.00 bits per heavy atom. The van der Waals surface area contributed by atoms with Crippen LogP contribution >= 0.6 is 0 Å². The van der Waals surface area contributed by atoms with Gasteiger partial charge in [0.15, 0.2) is 0 Å². The van der Waals surface area contributed by atoms with Gasteiger partial charge in [-0.15, -0.1) is 0 Å². The van der Waals surface area contributed by atoms with E-state index in [1.165, 1.54) is 0 Å². The van der Waals surface area contributed by atoms with Crippen LogP contribution < -0.4 is 10.1 Å². The number of carbonyl (C=O) groups is 2. The Kier molecular flexibility index (Phi) is 8.03. The molecule has 0 aliphatic heterocycles. The van der Waals surface area contributed by atoms with Crippen molar-refractivity contribution in [1.82, 2.24) is 14.5 Å². The lowest BCUT2D eigenvalue weighted by atomic mass is 10.1. The van der Waals surface area contributed by atoms with Crippen molar-refractivity contribution in [3.8, 4) is 22.7 Å². The Morgan fingerprint density at radius 3 is 2.43 bits per heavy atom. The van der Waals surface area contributed by atoms with Gasteiger partial charge >= 0.3 is 0 Å². The van der Waals surface area contributed by atoms with E-state index < -0.39 is 0 Å². The SMILES string of the molecule is CCOc1cccc(-n2cc(-c3ccccc3)nc2NC(=O)CN(C(=O)c2ccccc2C)C(C)C)c1. The van der Waals surface area contributed by atoms with Gasteiger partial charge in [-0.25, -0.2) is 4.98 Å². The van der Waals surface area contributed by atoms with E-state index in [9.17, 15) is 9.59 Å². The second kappa shape index (κ2) is 11.6. The minimum Gasteiger partial charge on any atom is -0.494 e. The first-order chi connectivity index (χ1) is 17.9. The number of hydrogen-bond donors (Lipinski definition) is 1. The fourth-order valence-corrected chi connectivity index (χ4v) is 4.08. The molecule has 0 fully saturated rings. The molecule has 0 radical (unpaired) electrons. The maximum atomic E-state index is 13.3. The van der Waals surface area contributed by atoms with Crippen LogP contribution in [0.25, 0.3) is 16.9 Å². The van der Waals surface area contributed by atoms with Crippen molar-refractivity contribution in [3.05, 3.63) is 96.2 Å². The number of rotatable bonds is 9. The second-order valence-corrected chi connectivity index (χ2v) is 9.01. The molecule has 0 aliphatic rings. The molecule has 4 aromatic rings. The van der Waals surface area contributed by atoms with E-state index in [1.807, 2.05) is 111 Å². The molecule has 2 amide bonds. The Hall–Kier alpha value is -4.39. The zero-order valence-electron chi connectivity index (χ0n) is 21.6. The summed E-state index contributed by atoms with van der Waals surface area (Å²) in [5.41, 5.74) is 3.90. The number of ether oxygens (including phenoxy) is 1. The number of nitrogens with one attached hydrogen (secondary N) is 1. The molecule has 0 spiro atoms. The highest BCUT2D eigenvalue weighted by Crippen LogP contribution is 2.26. The molecule has 0 atom stereocenters. The van der Waals surface area contributed by atoms with E-state index in [0.29, 0.717) is 18.1 Å². The fraction of sp³-hybridized carbons (Fsp3) is 0.233. The van der Waals surface area contributed by atoms with E-state index in [4.69, 9.17) is 9.72 Å². The van der Waals surface area contributed by atoms with Gasteiger partial charge in [0.2, 0.25) is 11.9 Å². The van der Waals surface area contributed by atoms with Crippen LogP contribution in [0.3, 0.4) is 0 Å². The summed E-state index contributed by atoms with van der Waals surface area (Å²) in [7, 11) is 0. The number of aromatic nitrogens is 2. The summed E-state index contributed by atoms with van der Waals surface area (Å²) < 4.78 is 7.50. The van der Waals surface area contributed by atoms with Crippen molar-refractivity contribution in [2.24, 2.45) is 0 Å². The van der Waals surface area contributed by atoms with Crippen molar-refractivity contribution >= 4 is 17.8 Å². The van der Waals surface area contributed by atoms with E-state index in [0.717, 1.165) is 28.3 Å². The Morgan fingerprint density at radius 2 is 1.73 bits per heavy atom. The van der Waals surface area contributed by atoms with Crippen molar-refractivity contribution in [3.63, 3.8) is 0 Å². The van der Waals surface area contributed by atoms with Gasteiger partial charge in [0.05, 0.1) is 18.0 Å². The Labute approximate surface area is 217 Å². The van der Waals surface area contributed by atoms with Gasteiger partial charge in [-0.1, -0.05) is 54.6 Å². The van der Waals surface area contributed by atoms with Gasteiger partial charge in [-0.05, 0) is 51.5 Å². The number of hydrogen-bond acceptors (Lipinski definition) is 4. The number of benzene rings is 3. The molecule has 1 heterocycles. The molecule has 0 bridgehead atoms. The molecule has 7 heteroatoms. The molecule has 190 valence electrons. The smallest absolute Gasteiger partial charge is 0.254 e. The third-order valence-corrected chi connectivity index (χ3v) is 6.01.